The van der Waals surface area contributed by atoms with E-state index in [9.17, 15) is 14.7 Å². The molecule has 1 saturated heterocycles. The highest BCUT2D eigenvalue weighted by atomic mass is 16.3. The first-order valence-electron chi connectivity index (χ1n) is 9.78. The molecule has 142 valence electrons. The van der Waals surface area contributed by atoms with Crippen LogP contribution >= 0.6 is 0 Å². The SMILES string of the molecule is O=C(Nc1ccc(C(=O)N2CCCCCC2)cc1)NC1CCCCC1O. The van der Waals surface area contributed by atoms with Gasteiger partial charge in [-0.1, -0.05) is 25.7 Å². The third-order valence-corrected chi connectivity index (χ3v) is 5.33. The Balaban J connectivity index is 1.53. The highest BCUT2D eigenvalue weighted by Crippen LogP contribution is 2.19. The lowest BCUT2D eigenvalue weighted by Crippen LogP contribution is -2.46. The van der Waals surface area contributed by atoms with Gasteiger partial charge in [-0.15, -0.1) is 0 Å². The number of nitrogens with zero attached hydrogens (tertiary/aromatic N) is 1. The van der Waals surface area contributed by atoms with Crippen molar-refractivity contribution in [1.29, 1.82) is 0 Å². The first kappa shape index (κ1) is 18.7. The van der Waals surface area contributed by atoms with Crippen molar-refractivity contribution in [2.75, 3.05) is 18.4 Å². The highest BCUT2D eigenvalue weighted by molar-refractivity contribution is 5.95. The molecule has 6 nitrogen and oxygen atoms in total. The molecule has 1 aliphatic carbocycles. The number of benzene rings is 1. The van der Waals surface area contributed by atoms with Gasteiger partial charge in [0.25, 0.3) is 5.91 Å². The Labute approximate surface area is 155 Å². The summed E-state index contributed by atoms with van der Waals surface area (Å²) in [5.74, 6) is 0.0632. The second kappa shape index (κ2) is 9.03. The molecule has 0 bridgehead atoms. The predicted molar refractivity (Wildman–Crippen MR) is 101 cm³/mol. The monoisotopic (exact) mass is 359 g/mol. The van der Waals surface area contributed by atoms with Gasteiger partial charge in [0.05, 0.1) is 12.1 Å². The van der Waals surface area contributed by atoms with Gasteiger partial charge in [0.15, 0.2) is 0 Å². The van der Waals surface area contributed by atoms with Crippen molar-refractivity contribution in [3.8, 4) is 0 Å². The van der Waals surface area contributed by atoms with E-state index in [0.29, 0.717) is 11.3 Å². The molecule has 0 radical (unpaired) electrons. The number of rotatable bonds is 3. The van der Waals surface area contributed by atoms with Crippen LogP contribution in [0.1, 0.15) is 61.7 Å². The normalized spacial score (nSPS) is 23.8. The van der Waals surface area contributed by atoms with Gasteiger partial charge in [-0.2, -0.15) is 0 Å². The Hall–Kier alpha value is -2.08. The van der Waals surface area contributed by atoms with Crippen LogP contribution in [0.3, 0.4) is 0 Å². The zero-order chi connectivity index (χ0) is 18.4. The first-order valence-corrected chi connectivity index (χ1v) is 9.78. The van der Waals surface area contributed by atoms with E-state index in [4.69, 9.17) is 0 Å². The largest absolute Gasteiger partial charge is 0.391 e. The van der Waals surface area contributed by atoms with Crippen LogP contribution in [0.5, 0.6) is 0 Å². The van der Waals surface area contributed by atoms with Crippen molar-refractivity contribution in [1.82, 2.24) is 10.2 Å². The molecule has 26 heavy (non-hydrogen) atoms. The second-order valence-corrected chi connectivity index (χ2v) is 7.34. The number of hydrogen-bond acceptors (Lipinski definition) is 3. The maximum atomic E-state index is 12.6. The van der Waals surface area contributed by atoms with Gasteiger partial charge in [-0.05, 0) is 49.9 Å². The summed E-state index contributed by atoms with van der Waals surface area (Å²) in [4.78, 5) is 26.6. The van der Waals surface area contributed by atoms with E-state index >= 15 is 0 Å². The van der Waals surface area contributed by atoms with Crippen LogP contribution in [0.4, 0.5) is 10.5 Å². The number of carbonyl (C=O) groups excluding carboxylic acids is 2. The molecule has 2 atom stereocenters. The second-order valence-electron chi connectivity index (χ2n) is 7.34. The number of anilines is 1. The summed E-state index contributed by atoms with van der Waals surface area (Å²) in [5.41, 5.74) is 1.29. The molecule has 2 fully saturated rings. The number of aliphatic hydroxyl groups excluding tert-OH is 1. The van der Waals surface area contributed by atoms with E-state index in [0.717, 1.165) is 51.6 Å². The molecule has 1 heterocycles. The molecule has 3 rings (SSSR count). The third-order valence-electron chi connectivity index (χ3n) is 5.33. The Morgan fingerprint density at radius 3 is 2.23 bits per heavy atom. The van der Waals surface area contributed by atoms with Crippen molar-refractivity contribution >= 4 is 17.6 Å². The van der Waals surface area contributed by atoms with Crippen LogP contribution < -0.4 is 10.6 Å². The van der Waals surface area contributed by atoms with Crippen molar-refractivity contribution in [3.63, 3.8) is 0 Å². The molecule has 1 aromatic carbocycles. The van der Waals surface area contributed by atoms with Crippen LogP contribution in [0, 0.1) is 0 Å². The molecule has 3 amide bonds. The Kier molecular flexibility index (Phi) is 6.50. The molecular formula is C20H29N3O3. The summed E-state index contributed by atoms with van der Waals surface area (Å²) < 4.78 is 0. The van der Waals surface area contributed by atoms with Crippen molar-refractivity contribution < 1.29 is 14.7 Å². The number of nitrogens with one attached hydrogen (secondary N) is 2. The van der Waals surface area contributed by atoms with Gasteiger partial charge in [0.1, 0.15) is 0 Å². The minimum absolute atomic E-state index is 0.0632. The molecule has 3 N–H and O–H groups in total. The fourth-order valence-electron chi connectivity index (χ4n) is 3.77. The Morgan fingerprint density at radius 2 is 1.58 bits per heavy atom. The lowest BCUT2D eigenvalue weighted by molar-refractivity contribution is 0.0761. The average molecular weight is 359 g/mol. The minimum Gasteiger partial charge on any atom is -0.391 e. The molecule has 6 heteroatoms. The van der Waals surface area contributed by atoms with Crippen LogP contribution in [0.2, 0.25) is 0 Å². The van der Waals surface area contributed by atoms with Crippen molar-refractivity contribution in [2.24, 2.45) is 0 Å². The minimum atomic E-state index is -0.469. The summed E-state index contributed by atoms with van der Waals surface area (Å²) in [6, 6.07) is 6.52. The van der Waals surface area contributed by atoms with Crippen LogP contribution in [0.15, 0.2) is 24.3 Å². The highest BCUT2D eigenvalue weighted by Gasteiger charge is 2.24. The third kappa shape index (κ3) is 4.97. The molecule has 1 saturated carbocycles. The maximum absolute atomic E-state index is 12.6. The topological polar surface area (TPSA) is 81.7 Å². The van der Waals surface area contributed by atoms with Crippen LogP contribution in [0.25, 0.3) is 0 Å². The number of hydrogen-bond donors (Lipinski definition) is 3. The molecule has 1 aromatic rings. The van der Waals surface area contributed by atoms with E-state index in [2.05, 4.69) is 10.6 Å². The van der Waals surface area contributed by atoms with Gasteiger partial charge in [0.2, 0.25) is 0 Å². The van der Waals surface area contributed by atoms with Crippen molar-refractivity contribution in [2.45, 2.75) is 63.5 Å². The zero-order valence-corrected chi connectivity index (χ0v) is 15.2. The zero-order valence-electron chi connectivity index (χ0n) is 15.2. The molecular weight excluding hydrogens is 330 g/mol. The van der Waals surface area contributed by atoms with E-state index in [1.807, 2.05) is 4.90 Å². The summed E-state index contributed by atoms with van der Waals surface area (Å²) in [6.07, 6.45) is 7.62. The smallest absolute Gasteiger partial charge is 0.319 e. The summed E-state index contributed by atoms with van der Waals surface area (Å²) in [7, 11) is 0. The van der Waals surface area contributed by atoms with E-state index < -0.39 is 6.10 Å². The summed E-state index contributed by atoms with van der Waals surface area (Å²) >= 11 is 0. The van der Waals surface area contributed by atoms with Gasteiger partial charge >= 0.3 is 6.03 Å². The van der Waals surface area contributed by atoms with Gasteiger partial charge in [-0.25, -0.2) is 4.79 Å². The van der Waals surface area contributed by atoms with E-state index in [-0.39, 0.29) is 18.0 Å². The molecule has 1 aliphatic heterocycles. The summed E-state index contributed by atoms with van der Waals surface area (Å²) in [6.45, 7) is 1.65. The van der Waals surface area contributed by atoms with Gasteiger partial charge in [-0.3, -0.25) is 4.79 Å². The fourth-order valence-corrected chi connectivity index (χ4v) is 3.77. The molecule has 0 spiro atoms. The Morgan fingerprint density at radius 1 is 0.923 bits per heavy atom. The molecule has 0 aromatic heterocycles. The quantitative estimate of drug-likeness (QED) is 0.775. The lowest BCUT2D eigenvalue weighted by Gasteiger charge is -2.28. The number of likely N-dealkylation sites (tertiary alicyclic amines) is 1. The lowest BCUT2D eigenvalue weighted by atomic mass is 9.93. The number of amides is 3. The first-order chi connectivity index (χ1) is 12.6. The fraction of sp³-hybridized carbons (Fsp3) is 0.600. The van der Waals surface area contributed by atoms with Crippen molar-refractivity contribution in [3.05, 3.63) is 29.8 Å². The number of carbonyl (C=O) groups is 2. The Bertz CT molecular complexity index is 609. The van der Waals surface area contributed by atoms with Crippen LogP contribution in [-0.2, 0) is 0 Å². The summed E-state index contributed by atoms with van der Waals surface area (Å²) in [5, 5.41) is 15.6. The molecule has 2 unspecified atom stereocenters. The number of urea groups is 1. The van der Waals surface area contributed by atoms with E-state index in [1.165, 1.54) is 12.8 Å². The average Bonchev–Trinajstić information content (AvgIpc) is 2.93. The predicted octanol–water partition coefficient (Wildman–Crippen LogP) is 3.13. The maximum Gasteiger partial charge on any atom is 0.319 e. The molecule has 2 aliphatic rings. The van der Waals surface area contributed by atoms with Gasteiger partial charge < -0.3 is 20.6 Å². The van der Waals surface area contributed by atoms with Crippen LogP contribution in [-0.4, -0.2) is 47.2 Å². The van der Waals surface area contributed by atoms with E-state index in [1.54, 1.807) is 24.3 Å². The van der Waals surface area contributed by atoms with Gasteiger partial charge in [0, 0.05) is 24.3 Å². The number of aliphatic hydroxyl groups is 1. The standard InChI is InChI=1S/C20H29N3O3/c24-18-8-4-3-7-17(18)22-20(26)21-16-11-9-15(10-12-16)19(25)23-13-5-1-2-6-14-23/h9-12,17-18,24H,1-8,13-14H2,(H2,21,22,26).